The SMILES string of the molecule is CCOC(=O)N1CCC(NC(=O)C(=O)NCC(C)C)CC1. The summed E-state index contributed by atoms with van der Waals surface area (Å²) in [5.41, 5.74) is 0. The first-order valence-electron chi connectivity index (χ1n) is 7.44. The van der Waals surface area contributed by atoms with Gasteiger partial charge < -0.3 is 20.3 Å². The fourth-order valence-electron chi connectivity index (χ4n) is 2.05. The lowest BCUT2D eigenvalue weighted by molar-refractivity contribution is -0.139. The fourth-order valence-corrected chi connectivity index (χ4v) is 2.05. The standard InChI is InChI=1S/C14H25N3O4/c1-4-21-14(20)17-7-5-11(6-8-17)16-13(19)12(18)15-9-10(2)3/h10-11H,4-9H2,1-3H3,(H,15,18)(H,16,19). The summed E-state index contributed by atoms with van der Waals surface area (Å²) in [6.45, 7) is 7.57. The van der Waals surface area contributed by atoms with Crippen LogP contribution in [0.15, 0.2) is 0 Å². The zero-order valence-corrected chi connectivity index (χ0v) is 13.0. The van der Waals surface area contributed by atoms with E-state index in [1.54, 1.807) is 11.8 Å². The van der Waals surface area contributed by atoms with Crippen molar-refractivity contribution in [3.8, 4) is 0 Å². The van der Waals surface area contributed by atoms with Crippen LogP contribution in [0.25, 0.3) is 0 Å². The summed E-state index contributed by atoms with van der Waals surface area (Å²) in [5, 5.41) is 5.28. The van der Waals surface area contributed by atoms with Crippen LogP contribution in [0.1, 0.15) is 33.6 Å². The number of rotatable bonds is 4. The molecule has 21 heavy (non-hydrogen) atoms. The molecule has 1 aliphatic heterocycles. The van der Waals surface area contributed by atoms with Crippen LogP contribution in [0.4, 0.5) is 4.79 Å². The largest absolute Gasteiger partial charge is 0.450 e. The Kier molecular flexibility index (Phi) is 6.98. The highest BCUT2D eigenvalue weighted by atomic mass is 16.6. The van der Waals surface area contributed by atoms with Crippen molar-refractivity contribution < 1.29 is 19.1 Å². The lowest BCUT2D eigenvalue weighted by Gasteiger charge is -2.31. The Morgan fingerprint density at radius 1 is 1.19 bits per heavy atom. The third kappa shape index (κ3) is 6.01. The maximum Gasteiger partial charge on any atom is 0.409 e. The Hall–Kier alpha value is -1.79. The summed E-state index contributed by atoms with van der Waals surface area (Å²) in [5.74, 6) is -0.906. The third-order valence-corrected chi connectivity index (χ3v) is 3.23. The van der Waals surface area contributed by atoms with E-state index in [9.17, 15) is 14.4 Å². The van der Waals surface area contributed by atoms with Gasteiger partial charge in [0.25, 0.3) is 0 Å². The van der Waals surface area contributed by atoms with E-state index in [2.05, 4.69) is 10.6 Å². The molecule has 0 bridgehead atoms. The normalized spacial score (nSPS) is 15.7. The van der Waals surface area contributed by atoms with Crippen LogP contribution >= 0.6 is 0 Å². The molecular formula is C14H25N3O4. The number of piperidine rings is 1. The number of amides is 3. The molecule has 0 aliphatic carbocycles. The van der Waals surface area contributed by atoms with Crippen molar-refractivity contribution in [2.45, 2.75) is 39.7 Å². The number of nitrogens with one attached hydrogen (secondary N) is 2. The monoisotopic (exact) mass is 299 g/mol. The summed E-state index contributed by atoms with van der Waals surface area (Å²) in [6.07, 6.45) is 0.932. The number of likely N-dealkylation sites (tertiary alicyclic amines) is 1. The van der Waals surface area contributed by atoms with E-state index in [-0.39, 0.29) is 12.1 Å². The topological polar surface area (TPSA) is 87.7 Å². The van der Waals surface area contributed by atoms with Gasteiger partial charge >= 0.3 is 17.9 Å². The average Bonchev–Trinajstić information content (AvgIpc) is 2.45. The highest BCUT2D eigenvalue weighted by Gasteiger charge is 2.26. The molecule has 0 radical (unpaired) electrons. The lowest BCUT2D eigenvalue weighted by atomic mass is 10.1. The van der Waals surface area contributed by atoms with Crippen LogP contribution in [0.5, 0.6) is 0 Å². The Bertz CT molecular complexity index is 376. The number of carbonyl (C=O) groups excluding carboxylic acids is 3. The van der Waals surface area contributed by atoms with E-state index in [1.165, 1.54) is 0 Å². The van der Waals surface area contributed by atoms with Gasteiger partial charge in [-0.15, -0.1) is 0 Å². The third-order valence-electron chi connectivity index (χ3n) is 3.23. The molecule has 3 amide bonds. The number of hydrogen-bond acceptors (Lipinski definition) is 4. The van der Waals surface area contributed by atoms with E-state index in [4.69, 9.17) is 4.74 Å². The highest BCUT2D eigenvalue weighted by molar-refractivity contribution is 6.35. The second-order valence-electron chi connectivity index (χ2n) is 5.54. The molecule has 0 atom stereocenters. The van der Waals surface area contributed by atoms with E-state index < -0.39 is 11.8 Å². The molecule has 1 heterocycles. The van der Waals surface area contributed by atoms with Crippen LogP contribution in [-0.2, 0) is 14.3 Å². The van der Waals surface area contributed by atoms with Gasteiger partial charge in [-0.1, -0.05) is 13.8 Å². The first-order valence-corrected chi connectivity index (χ1v) is 7.44. The molecule has 0 aromatic carbocycles. The molecule has 1 fully saturated rings. The molecule has 0 aromatic heterocycles. The minimum Gasteiger partial charge on any atom is -0.450 e. The van der Waals surface area contributed by atoms with Gasteiger partial charge in [0.2, 0.25) is 0 Å². The van der Waals surface area contributed by atoms with Crippen molar-refractivity contribution in [1.82, 2.24) is 15.5 Å². The summed E-state index contributed by atoms with van der Waals surface area (Å²) in [6, 6.07) is -0.0759. The maximum absolute atomic E-state index is 11.7. The van der Waals surface area contributed by atoms with E-state index >= 15 is 0 Å². The smallest absolute Gasteiger partial charge is 0.409 e. The quantitative estimate of drug-likeness (QED) is 0.740. The molecule has 2 N–H and O–H groups in total. The van der Waals surface area contributed by atoms with Gasteiger partial charge in [-0.2, -0.15) is 0 Å². The fraction of sp³-hybridized carbons (Fsp3) is 0.786. The van der Waals surface area contributed by atoms with Gasteiger partial charge in [-0.3, -0.25) is 9.59 Å². The molecule has 7 heteroatoms. The zero-order valence-electron chi connectivity index (χ0n) is 13.0. The molecule has 1 rings (SSSR count). The van der Waals surface area contributed by atoms with Gasteiger partial charge in [0.1, 0.15) is 0 Å². The van der Waals surface area contributed by atoms with Crippen LogP contribution in [0.3, 0.4) is 0 Å². The first-order chi connectivity index (χ1) is 9.93. The summed E-state index contributed by atoms with van der Waals surface area (Å²) >= 11 is 0. The van der Waals surface area contributed by atoms with Crippen molar-refractivity contribution >= 4 is 17.9 Å². The molecule has 1 saturated heterocycles. The summed E-state index contributed by atoms with van der Waals surface area (Å²) in [4.78, 5) is 36.4. The first kappa shape index (κ1) is 17.3. The van der Waals surface area contributed by atoms with Crippen LogP contribution in [0.2, 0.25) is 0 Å². The van der Waals surface area contributed by atoms with Gasteiger partial charge in [0.15, 0.2) is 0 Å². The zero-order chi connectivity index (χ0) is 15.8. The number of hydrogen-bond donors (Lipinski definition) is 2. The minimum atomic E-state index is -0.606. The Balaban J connectivity index is 2.30. The Morgan fingerprint density at radius 2 is 1.81 bits per heavy atom. The number of ether oxygens (including phenoxy) is 1. The minimum absolute atomic E-state index is 0.0759. The molecular weight excluding hydrogens is 274 g/mol. The summed E-state index contributed by atoms with van der Waals surface area (Å²) in [7, 11) is 0. The van der Waals surface area contributed by atoms with Crippen LogP contribution in [0, 0.1) is 5.92 Å². The van der Waals surface area contributed by atoms with Crippen molar-refractivity contribution in [1.29, 1.82) is 0 Å². The molecule has 0 saturated carbocycles. The maximum atomic E-state index is 11.7. The van der Waals surface area contributed by atoms with Gasteiger partial charge in [-0.05, 0) is 25.7 Å². The predicted molar refractivity (Wildman–Crippen MR) is 77.6 cm³/mol. The van der Waals surface area contributed by atoms with Crippen LogP contribution < -0.4 is 10.6 Å². The molecule has 0 unspecified atom stereocenters. The second-order valence-corrected chi connectivity index (χ2v) is 5.54. The van der Waals surface area contributed by atoms with E-state index in [1.807, 2.05) is 13.8 Å². The Labute approximate surface area is 125 Å². The van der Waals surface area contributed by atoms with Gasteiger partial charge in [0.05, 0.1) is 6.61 Å². The number of nitrogens with zero attached hydrogens (tertiary/aromatic N) is 1. The predicted octanol–water partition coefficient (Wildman–Crippen LogP) is 0.496. The number of carbonyl (C=O) groups is 3. The van der Waals surface area contributed by atoms with Crippen LogP contribution in [-0.4, -0.2) is 55.1 Å². The average molecular weight is 299 g/mol. The van der Waals surface area contributed by atoms with Crippen molar-refractivity contribution in [3.63, 3.8) is 0 Å². The van der Waals surface area contributed by atoms with Crippen molar-refractivity contribution in [2.75, 3.05) is 26.2 Å². The lowest BCUT2D eigenvalue weighted by Crippen LogP contribution is -2.50. The Morgan fingerprint density at radius 3 is 2.33 bits per heavy atom. The molecule has 7 nitrogen and oxygen atoms in total. The summed E-state index contributed by atoms with van der Waals surface area (Å²) < 4.78 is 4.93. The van der Waals surface area contributed by atoms with E-state index in [0.717, 1.165) is 0 Å². The second kappa shape index (κ2) is 8.49. The van der Waals surface area contributed by atoms with E-state index in [0.29, 0.717) is 45.0 Å². The van der Waals surface area contributed by atoms with Crippen molar-refractivity contribution in [3.05, 3.63) is 0 Å². The van der Waals surface area contributed by atoms with Crippen molar-refractivity contribution in [2.24, 2.45) is 5.92 Å². The molecule has 120 valence electrons. The van der Waals surface area contributed by atoms with Gasteiger partial charge in [0, 0.05) is 25.7 Å². The van der Waals surface area contributed by atoms with Gasteiger partial charge in [-0.25, -0.2) is 4.79 Å². The highest BCUT2D eigenvalue weighted by Crippen LogP contribution is 2.11. The molecule has 1 aliphatic rings. The molecule has 0 spiro atoms. The molecule has 0 aromatic rings.